The smallest absolute Gasteiger partial charge is 0.269 e. The molecule has 0 spiro atoms. The summed E-state index contributed by atoms with van der Waals surface area (Å²) in [4.78, 5) is 6.79. The first-order valence-corrected chi connectivity index (χ1v) is 9.66. The summed E-state index contributed by atoms with van der Waals surface area (Å²) in [6, 6.07) is 3.76. The van der Waals surface area contributed by atoms with Crippen LogP contribution < -0.4 is 10.2 Å². The molecule has 0 amide bonds. The fourth-order valence-corrected chi connectivity index (χ4v) is 4.35. The van der Waals surface area contributed by atoms with E-state index in [1.165, 1.54) is 10.0 Å². The zero-order valence-corrected chi connectivity index (χ0v) is 15.0. The van der Waals surface area contributed by atoms with Gasteiger partial charge in [0.15, 0.2) is 5.65 Å². The third kappa shape index (κ3) is 3.25. The first-order chi connectivity index (χ1) is 12.1. The Bertz CT molecular complexity index is 935. The number of pyridine rings is 1. The first-order valence-electron chi connectivity index (χ1n) is 8.22. The fraction of sp³-hybridized carbons (Fsp3) is 0.278. The Labute approximate surface area is 148 Å². The summed E-state index contributed by atoms with van der Waals surface area (Å²) >= 11 is 0. The van der Waals surface area contributed by atoms with Crippen molar-refractivity contribution in [3.05, 3.63) is 60.3 Å². The Hall–Kier alpha value is -2.38. The minimum Gasteiger partial charge on any atom is -0.368 e. The van der Waals surface area contributed by atoms with Crippen LogP contribution in [0.1, 0.15) is 6.92 Å². The molecule has 0 atom stereocenters. The number of piperazine rings is 1. The zero-order chi connectivity index (χ0) is 17.9. The van der Waals surface area contributed by atoms with Crippen LogP contribution in [0.15, 0.2) is 60.3 Å². The number of fused-ring (bicyclic) bond motifs is 1. The van der Waals surface area contributed by atoms with E-state index in [-0.39, 0.29) is 4.91 Å². The molecule has 7 heteroatoms. The van der Waals surface area contributed by atoms with Crippen LogP contribution in [0.25, 0.3) is 11.0 Å². The highest BCUT2D eigenvalue weighted by Crippen LogP contribution is 2.28. The van der Waals surface area contributed by atoms with Gasteiger partial charge in [-0.15, -0.1) is 0 Å². The molecule has 132 valence electrons. The van der Waals surface area contributed by atoms with Gasteiger partial charge >= 0.3 is 0 Å². The topological polar surface area (TPSA) is 67.2 Å². The quantitative estimate of drug-likeness (QED) is 0.831. The average Bonchev–Trinajstić information content (AvgIpc) is 3.08. The maximum atomic E-state index is 13.0. The number of hydrogen-bond donors (Lipinski definition) is 1. The van der Waals surface area contributed by atoms with Crippen molar-refractivity contribution in [1.29, 1.82) is 0 Å². The van der Waals surface area contributed by atoms with Crippen LogP contribution in [0.2, 0.25) is 0 Å². The predicted octanol–water partition coefficient (Wildman–Crippen LogP) is 2.27. The summed E-state index contributed by atoms with van der Waals surface area (Å²) in [5.41, 5.74) is 1.46. The summed E-state index contributed by atoms with van der Waals surface area (Å²) in [5, 5.41) is 4.17. The maximum Gasteiger partial charge on any atom is 0.269 e. The van der Waals surface area contributed by atoms with Crippen molar-refractivity contribution in [1.82, 2.24) is 14.3 Å². The van der Waals surface area contributed by atoms with Crippen LogP contribution >= 0.6 is 0 Å². The van der Waals surface area contributed by atoms with Gasteiger partial charge in [0, 0.05) is 49.6 Å². The molecule has 0 aliphatic carbocycles. The van der Waals surface area contributed by atoms with Crippen LogP contribution in [-0.4, -0.2) is 43.6 Å². The van der Waals surface area contributed by atoms with Gasteiger partial charge in [0.25, 0.3) is 10.0 Å². The molecule has 6 nitrogen and oxygen atoms in total. The van der Waals surface area contributed by atoms with Gasteiger partial charge in [-0.25, -0.2) is 17.4 Å². The Morgan fingerprint density at radius 3 is 2.76 bits per heavy atom. The predicted molar refractivity (Wildman–Crippen MR) is 102 cm³/mol. The summed E-state index contributed by atoms with van der Waals surface area (Å²) in [7, 11) is -3.70. The van der Waals surface area contributed by atoms with E-state index in [1.54, 1.807) is 37.5 Å². The average molecular weight is 358 g/mol. The first kappa shape index (κ1) is 17.4. The van der Waals surface area contributed by atoms with Crippen LogP contribution in [0.3, 0.4) is 0 Å². The molecule has 2 aromatic heterocycles. The van der Waals surface area contributed by atoms with Gasteiger partial charge in [-0.3, -0.25) is 0 Å². The van der Waals surface area contributed by atoms with Gasteiger partial charge in [-0.2, -0.15) is 0 Å². The molecular formula is C18H22N4O2S. The zero-order valence-electron chi connectivity index (χ0n) is 14.2. The Kier molecular flexibility index (Phi) is 5.06. The van der Waals surface area contributed by atoms with Gasteiger partial charge in [0.2, 0.25) is 0 Å². The molecule has 0 saturated carbocycles. The monoisotopic (exact) mass is 358 g/mol. The second-order valence-electron chi connectivity index (χ2n) is 5.71. The van der Waals surface area contributed by atoms with Crippen molar-refractivity contribution in [3.8, 4) is 0 Å². The number of allylic oxidation sites excluding steroid dienone is 4. The van der Waals surface area contributed by atoms with Crippen molar-refractivity contribution >= 4 is 26.7 Å². The second kappa shape index (κ2) is 7.25. The highest BCUT2D eigenvalue weighted by Gasteiger charge is 2.22. The highest BCUT2D eigenvalue weighted by atomic mass is 32.2. The molecule has 1 saturated heterocycles. The largest absolute Gasteiger partial charge is 0.368 e. The van der Waals surface area contributed by atoms with Gasteiger partial charge in [0.05, 0.1) is 4.91 Å². The molecule has 0 unspecified atom stereocenters. The number of nitrogens with one attached hydrogen (secondary N) is 1. The van der Waals surface area contributed by atoms with Crippen LogP contribution in [0.4, 0.5) is 5.69 Å². The SMILES string of the molecule is C=C/C=C\C(=C/C)S(=O)(=O)n1ccc2c(N3CCNCC3)ccnc21. The molecule has 1 N–H and O–H groups in total. The minimum absolute atomic E-state index is 0.208. The summed E-state index contributed by atoms with van der Waals surface area (Å²) in [5.74, 6) is 0. The number of aromatic nitrogens is 2. The van der Waals surface area contributed by atoms with Crippen LogP contribution in [-0.2, 0) is 10.0 Å². The van der Waals surface area contributed by atoms with Crippen LogP contribution in [0, 0.1) is 0 Å². The molecule has 25 heavy (non-hydrogen) atoms. The summed E-state index contributed by atoms with van der Waals surface area (Å²) < 4.78 is 27.2. The van der Waals surface area contributed by atoms with E-state index in [2.05, 4.69) is 21.8 Å². The standard InChI is InChI=1S/C18H22N4O2S/c1-3-5-6-15(4-2)25(23,24)22-12-8-16-17(7-9-20-18(16)22)21-13-10-19-11-14-21/h3-9,12,19H,1,10-11,13-14H2,2H3/b6-5-,15-4+. The summed E-state index contributed by atoms with van der Waals surface area (Å²) in [6.07, 6.45) is 9.51. The minimum atomic E-state index is -3.70. The molecule has 2 aromatic rings. The van der Waals surface area contributed by atoms with E-state index < -0.39 is 10.0 Å². The molecule has 1 fully saturated rings. The van der Waals surface area contributed by atoms with Crippen molar-refractivity contribution in [2.75, 3.05) is 31.1 Å². The fourth-order valence-electron chi connectivity index (χ4n) is 2.98. The Morgan fingerprint density at radius 2 is 2.08 bits per heavy atom. The van der Waals surface area contributed by atoms with Gasteiger partial charge in [-0.1, -0.05) is 24.8 Å². The number of anilines is 1. The number of rotatable bonds is 5. The Morgan fingerprint density at radius 1 is 1.32 bits per heavy atom. The molecule has 1 aliphatic heterocycles. The van der Waals surface area contributed by atoms with Gasteiger partial charge < -0.3 is 10.2 Å². The maximum absolute atomic E-state index is 13.0. The van der Waals surface area contributed by atoms with E-state index in [1.807, 2.05) is 12.1 Å². The Balaban J connectivity index is 2.09. The lowest BCUT2D eigenvalue weighted by atomic mass is 10.2. The number of hydrogen-bond acceptors (Lipinski definition) is 5. The lowest BCUT2D eigenvalue weighted by molar-refractivity contribution is 0.590. The van der Waals surface area contributed by atoms with Crippen molar-refractivity contribution in [2.24, 2.45) is 0 Å². The molecule has 3 heterocycles. The molecule has 0 radical (unpaired) electrons. The van der Waals surface area contributed by atoms with E-state index in [0.717, 1.165) is 37.3 Å². The third-order valence-corrected chi connectivity index (χ3v) is 6.01. The van der Waals surface area contributed by atoms with Gasteiger partial charge in [0.1, 0.15) is 0 Å². The lowest BCUT2D eigenvalue weighted by Crippen LogP contribution is -2.43. The van der Waals surface area contributed by atoms with E-state index in [9.17, 15) is 8.42 Å². The summed E-state index contributed by atoms with van der Waals surface area (Å²) in [6.45, 7) is 8.89. The molecule has 0 aromatic carbocycles. The lowest BCUT2D eigenvalue weighted by Gasteiger charge is -2.29. The number of nitrogens with zero attached hydrogens (tertiary/aromatic N) is 3. The third-order valence-electron chi connectivity index (χ3n) is 4.23. The highest BCUT2D eigenvalue weighted by molar-refractivity contribution is 7.94. The molecule has 1 aliphatic rings. The molecule has 3 rings (SSSR count). The van der Waals surface area contributed by atoms with E-state index >= 15 is 0 Å². The van der Waals surface area contributed by atoms with Crippen LogP contribution in [0.5, 0.6) is 0 Å². The van der Waals surface area contributed by atoms with E-state index in [4.69, 9.17) is 0 Å². The van der Waals surface area contributed by atoms with Crippen molar-refractivity contribution in [3.63, 3.8) is 0 Å². The van der Waals surface area contributed by atoms with Crippen molar-refractivity contribution < 1.29 is 8.42 Å². The van der Waals surface area contributed by atoms with Crippen molar-refractivity contribution in [2.45, 2.75) is 6.92 Å². The van der Waals surface area contributed by atoms with Gasteiger partial charge in [-0.05, 0) is 25.1 Å². The molecule has 0 bridgehead atoms. The second-order valence-corrected chi connectivity index (χ2v) is 7.52. The molecular weight excluding hydrogens is 336 g/mol. The van der Waals surface area contributed by atoms with E-state index in [0.29, 0.717) is 5.65 Å². The normalized spacial score (nSPS) is 16.7.